The molecule has 0 aliphatic rings. The van der Waals surface area contributed by atoms with E-state index in [1.165, 1.54) is 0 Å². The van der Waals surface area contributed by atoms with Gasteiger partial charge in [-0.15, -0.1) is 0 Å². The summed E-state index contributed by atoms with van der Waals surface area (Å²) in [6.45, 7) is 3.97. The summed E-state index contributed by atoms with van der Waals surface area (Å²) in [6, 6.07) is 0. The summed E-state index contributed by atoms with van der Waals surface area (Å²) in [4.78, 5) is 35.9. The lowest BCUT2D eigenvalue weighted by molar-refractivity contribution is -0.139. The van der Waals surface area contributed by atoms with Crippen LogP contribution >= 0.6 is 0 Å². The molecule has 152 valence electrons. The van der Waals surface area contributed by atoms with Gasteiger partial charge < -0.3 is 25.3 Å². The Balaban J connectivity index is 4.63. The fraction of sp³-hybridized carbons (Fsp3) is 0.824. The van der Waals surface area contributed by atoms with Crippen molar-refractivity contribution in [3.8, 4) is 0 Å². The third-order valence-electron chi connectivity index (χ3n) is 4.02. The number of hydrogen-bond acceptors (Lipinski definition) is 6. The molecule has 0 radical (unpaired) electrons. The first kappa shape index (κ1) is 24.3. The normalized spacial score (nSPS) is 12.5. The van der Waals surface area contributed by atoms with E-state index in [-0.39, 0.29) is 38.9 Å². The van der Waals surface area contributed by atoms with Crippen molar-refractivity contribution in [2.75, 3.05) is 39.3 Å². The fourth-order valence-corrected chi connectivity index (χ4v) is 2.50. The third-order valence-corrected chi connectivity index (χ3v) is 4.02. The number of rotatable bonds is 17. The molecule has 0 heterocycles. The van der Waals surface area contributed by atoms with Crippen LogP contribution in [0.4, 0.5) is 0 Å². The molecule has 0 amide bonds. The van der Waals surface area contributed by atoms with Crippen molar-refractivity contribution in [1.82, 2.24) is 9.80 Å². The van der Waals surface area contributed by atoms with Crippen LogP contribution < -0.4 is 0 Å². The van der Waals surface area contributed by atoms with Gasteiger partial charge in [-0.1, -0.05) is 19.8 Å². The van der Waals surface area contributed by atoms with Crippen molar-refractivity contribution in [2.24, 2.45) is 0 Å². The Kier molecular flexibility index (Phi) is 13.5. The molecule has 0 saturated carbocycles. The standard InChI is InChI=1S/C17H32N2O7/c1-2-3-4-14(20)13-19(10-7-17(25)26)12-11-18(8-5-15(21)22)9-6-16(23)24/h14,20H,2-13H2,1H3,(H,21,22)(H,23,24)(H,25,26). The highest BCUT2D eigenvalue weighted by Gasteiger charge is 2.16. The van der Waals surface area contributed by atoms with Crippen LogP contribution in [0.25, 0.3) is 0 Å². The van der Waals surface area contributed by atoms with Crippen molar-refractivity contribution >= 4 is 17.9 Å². The van der Waals surface area contributed by atoms with Crippen LogP contribution in [0.15, 0.2) is 0 Å². The molecule has 0 spiro atoms. The molecule has 9 nitrogen and oxygen atoms in total. The van der Waals surface area contributed by atoms with Crippen molar-refractivity contribution in [3.05, 3.63) is 0 Å². The van der Waals surface area contributed by atoms with Crippen LogP contribution in [0.2, 0.25) is 0 Å². The van der Waals surface area contributed by atoms with E-state index >= 15 is 0 Å². The Morgan fingerprint density at radius 3 is 1.62 bits per heavy atom. The summed E-state index contributed by atoms with van der Waals surface area (Å²) in [5, 5.41) is 36.6. The van der Waals surface area contributed by atoms with Gasteiger partial charge in [-0.2, -0.15) is 0 Å². The zero-order valence-electron chi connectivity index (χ0n) is 15.5. The Labute approximate surface area is 154 Å². The quantitative estimate of drug-likeness (QED) is 0.287. The van der Waals surface area contributed by atoms with Crippen LogP contribution in [-0.2, 0) is 14.4 Å². The molecule has 9 heteroatoms. The van der Waals surface area contributed by atoms with Crippen LogP contribution in [-0.4, -0.2) is 93.5 Å². The van der Waals surface area contributed by atoms with Crippen LogP contribution in [0, 0.1) is 0 Å². The molecule has 0 aromatic rings. The zero-order valence-corrected chi connectivity index (χ0v) is 15.5. The monoisotopic (exact) mass is 376 g/mol. The van der Waals surface area contributed by atoms with Gasteiger partial charge in [-0.3, -0.25) is 19.3 Å². The van der Waals surface area contributed by atoms with Crippen LogP contribution in [0.3, 0.4) is 0 Å². The molecule has 0 aromatic carbocycles. The van der Waals surface area contributed by atoms with Gasteiger partial charge in [-0.05, 0) is 6.42 Å². The van der Waals surface area contributed by atoms with Gasteiger partial charge in [0.2, 0.25) is 0 Å². The summed E-state index contributed by atoms with van der Waals surface area (Å²) in [6.07, 6.45) is 1.71. The highest BCUT2D eigenvalue weighted by atomic mass is 16.4. The number of carboxylic acids is 3. The van der Waals surface area contributed by atoms with E-state index in [1.807, 2.05) is 11.8 Å². The zero-order chi connectivity index (χ0) is 19.9. The molecule has 0 bridgehead atoms. The summed E-state index contributed by atoms with van der Waals surface area (Å²) in [5.74, 6) is -2.84. The van der Waals surface area contributed by atoms with Gasteiger partial charge >= 0.3 is 17.9 Å². The second-order valence-corrected chi connectivity index (χ2v) is 6.37. The second-order valence-electron chi connectivity index (χ2n) is 6.37. The van der Waals surface area contributed by atoms with Gasteiger partial charge in [0.1, 0.15) is 0 Å². The first-order valence-corrected chi connectivity index (χ1v) is 9.02. The van der Waals surface area contributed by atoms with Gasteiger partial charge in [0.25, 0.3) is 0 Å². The Morgan fingerprint density at radius 1 is 0.769 bits per heavy atom. The van der Waals surface area contributed by atoms with Crippen LogP contribution in [0.5, 0.6) is 0 Å². The van der Waals surface area contributed by atoms with Gasteiger partial charge in [-0.25, -0.2) is 0 Å². The van der Waals surface area contributed by atoms with E-state index < -0.39 is 24.0 Å². The average Bonchev–Trinajstić information content (AvgIpc) is 2.56. The maximum atomic E-state index is 10.8. The number of aliphatic hydroxyl groups is 1. The smallest absolute Gasteiger partial charge is 0.304 e. The average molecular weight is 376 g/mol. The number of hydrogen-bond donors (Lipinski definition) is 4. The van der Waals surface area contributed by atoms with E-state index in [2.05, 4.69) is 0 Å². The first-order valence-electron chi connectivity index (χ1n) is 9.02. The van der Waals surface area contributed by atoms with Gasteiger partial charge in [0.15, 0.2) is 0 Å². The number of carboxylic acid groups (broad SMARTS) is 3. The summed E-state index contributed by atoms with van der Waals surface area (Å²) in [5.41, 5.74) is 0. The molecule has 0 aromatic heterocycles. The molecule has 26 heavy (non-hydrogen) atoms. The van der Waals surface area contributed by atoms with E-state index in [0.717, 1.165) is 12.8 Å². The predicted molar refractivity (Wildman–Crippen MR) is 95.2 cm³/mol. The van der Waals surface area contributed by atoms with Gasteiger partial charge in [0.05, 0.1) is 25.4 Å². The van der Waals surface area contributed by atoms with Crippen molar-refractivity contribution in [1.29, 1.82) is 0 Å². The molecule has 1 atom stereocenters. The summed E-state index contributed by atoms with van der Waals surface area (Å²) >= 11 is 0. The van der Waals surface area contributed by atoms with Crippen molar-refractivity contribution in [2.45, 2.75) is 51.6 Å². The maximum absolute atomic E-state index is 10.8. The Hall–Kier alpha value is -1.71. The molecule has 1 unspecified atom stereocenters. The maximum Gasteiger partial charge on any atom is 0.304 e. The highest BCUT2D eigenvalue weighted by molar-refractivity contribution is 5.67. The molecular weight excluding hydrogens is 344 g/mol. The minimum atomic E-state index is -0.956. The number of nitrogens with zero attached hydrogens (tertiary/aromatic N) is 2. The van der Waals surface area contributed by atoms with Crippen molar-refractivity contribution in [3.63, 3.8) is 0 Å². The lowest BCUT2D eigenvalue weighted by Gasteiger charge is -2.28. The number of carbonyl (C=O) groups is 3. The van der Waals surface area contributed by atoms with E-state index in [0.29, 0.717) is 26.1 Å². The minimum Gasteiger partial charge on any atom is -0.481 e. The Morgan fingerprint density at radius 2 is 1.19 bits per heavy atom. The highest BCUT2D eigenvalue weighted by Crippen LogP contribution is 2.05. The fourth-order valence-electron chi connectivity index (χ4n) is 2.50. The lowest BCUT2D eigenvalue weighted by atomic mass is 10.1. The molecule has 0 aliphatic carbocycles. The molecule has 4 N–H and O–H groups in total. The molecule has 0 saturated heterocycles. The predicted octanol–water partition coefficient (Wildman–Crippen LogP) is 0.566. The van der Waals surface area contributed by atoms with Crippen LogP contribution in [0.1, 0.15) is 45.4 Å². The van der Waals surface area contributed by atoms with E-state index in [1.54, 1.807) is 4.90 Å². The molecular formula is C17H32N2O7. The van der Waals surface area contributed by atoms with Crippen molar-refractivity contribution < 1.29 is 34.8 Å². The summed E-state index contributed by atoms with van der Waals surface area (Å²) < 4.78 is 0. The number of aliphatic carboxylic acids is 3. The second kappa shape index (κ2) is 14.5. The van der Waals surface area contributed by atoms with E-state index in [9.17, 15) is 19.5 Å². The Bertz CT molecular complexity index is 413. The van der Waals surface area contributed by atoms with E-state index in [4.69, 9.17) is 15.3 Å². The molecule has 0 aliphatic heterocycles. The SMILES string of the molecule is CCCCC(O)CN(CCC(=O)O)CCN(CCC(=O)O)CCC(=O)O. The topological polar surface area (TPSA) is 139 Å². The van der Waals surface area contributed by atoms with Gasteiger partial charge in [0, 0.05) is 39.3 Å². The third kappa shape index (κ3) is 14.6. The summed E-state index contributed by atoms with van der Waals surface area (Å²) in [7, 11) is 0. The lowest BCUT2D eigenvalue weighted by Crippen LogP contribution is -2.41. The minimum absolute atomic E-state index is 0.0508. The first-order chi connectivity index (χ1) is 12.2. The number of unbranched alkanes of at least 4 members (excludes halogenated alkanes) is 1. The number of aliphatic hydroxyl groups excluding tert-OH is 1. The molecule has 0 rings (SSSR count). The largest absolute Gasteiger partial charge is 0.481 e. The molecule has 0 fully saturated rings.